The van der Waals surface area contributed by atoms with Gasteiger partial charge in [-0.1, -0.05) is 50.3 Å². The number of fused-ring (bicyclic) bond motifs is 4. The molecule has 10 nitrogen and oxygen atoms in total. The molecule has 3 aromatic rings. The maximum atomic E-state index is 13.4. The Balaban J connectivity index is 1.80. The summed E-state index contributed by atoms with van der Waals surface area (Å²) in [6.07, 6.45) is 2.85. The van der Waals surface area contributed by atoms with Gasteiger partial charge in [-0.25, -0.2) is 9.59 Å². The fraction of sp³-hybridized carbons (Fsp3) is 0.333. The van der Waals surface area contributed by atoms with Crippen molar-refractivity contribution in [1.29, 1.82) is 0 Å². The SMILES string of the molecule is C/C=C(/C)C(=O)O[C@H]1c2cc(OC)c(OC)c(O)c2-c2c(cc3c(c2OC)OCO3)[C@H](OC(=O)/C=C/c2ccccc2)[C@H](C)[C@@H]1C. The minimum absolute atomic E-state index is 0.0571. The van der Waals surface area contributed by atoms with Gasteiger partial charge in [0, 0.05) is 45.7 Å². The Bertz CT molecular complexity index is 1690. The van der Waals surface area contributed by atoms with Crippen LogP contribution in [0.1, 0.15) is 56.6 Å². The van der Waals surface area contributed by atoms with Gasteiger partial charge in [0.2, 0.25) is 18.3 Å². The highest BCUT2D eigenvalue weighted by atomic mass is 16.7. The molecule has 0 amide bonds. The molecule has 0 unspecified atom stereocenters. The van der Waals surface area contributed by atoms with E-state index in [0.717, 1.165) is 5.56 Å². The third-order valence-electron chi connectivity index (χ3n) is 8.62. The number of carbonyl (C=O) groups is 2. The van der Waals surface area contributed by atoms with Gasteiger partial charge in [0.25, 0.3) is 0 Å². The number of hydrogen-bond donors (Lipinski definition) is 1. The van der Waals surface area contributed by atoms with Crippen molar-refractivity contribution in [2.24, 2.45) is 11.8 Å². The summed E-state index contributed by atoms with van der Waals surface area (Å²) in [4.78, 5) is 26.7. The smallest absolute Gasteiger partial charge is 0.333 e. The number of phenolic OH excluding ortho intramolecular Hbond substituents is 1. The molecule has 1 heterocycles. The molecule has 242 valence electrons. The normalized spacial score (nSPS) is 20.2. The van der Waals surface area contributed by atoms with Crippen LogP contribution in [0.5, 0.6) is 34.5 Å². The van der Waals surface area contributed by atoms with Gasteiger partial charge in [0.05, 0.1) is 21.3 Å². The van der Waals surface area contributed by atoms with Crippen molar-refractivity contribution in [2.45, 2.75) is 39.9 Å². The maximum Gasteiger partial charge on any atom is 0.333 e. The summed E-state index contributed by atoms with van der Waals surface area (Å²) >= 11 is 0. The predicted molar refractivity (Wildman–Crippen MR) is 170 cm³/mol. The summed E-state index contributed by atoms with van der Waals surface area (Å²) in [5.74, 6) is -1.06. The molecule has 0 aromatic heterocycles. The lowest BCUT2D eigenvalue weighted by Gasteiger charge is -2.38. The van der Waals surface area contributed by atoms with Crippen molar-refractivity contribution < 1.29 is 47.9 Å². The van der Waals surface area contributed by atoms with Crippen LogP contribution in [-0.4, -0.2) is 45.2 Å². The second kappa shape index (κ2) is 13.5. The summed E-state index contributed by atoms with van der Waals surface area (Å²) in [5.41, 5.74) is 2.80. The molecule has 2 aliphatic rings. The summed E-state index contributed by atoms with van der Waals surface area (Å²) in [6, 6.07) is 12.8. The van der Waals surface area contributed by atoms with Gasteiger partial charge in [-0.2, -0.15) is 0 Å². The quantitative estimate of drug-likeness (QED) is 0.207. The van der Waals surface area contributed by atoms with Gasteiger partial charge in [-0.05, 0) is 37.6 Å². The lowest BCUT2D eigenvalue weighted by atomic mass is 9.74. The zero-order valence-corrected chi connectivity index (χ0v) is 26.9. The maximum absolute atomic E-state index is 13.4. The van der Waals surface area contributed by atoms with Crippen LogP contribution in [-0.2, 0) is 19.1 Å². The molecule has 3 aromatic carbocycles. The molecule has 10 heteroatoms. The number of phenols is 1. The van der Waals surface area contributed by atoms with Crippen LogP contribution >= 0.6 is 0 Å². The van der Waals surface area contributed by atoms with Crippen molar-refractivity contribution >= 4 is 18.0 Å². The lowest BCUT2D eigenvalue weighted by molar-refractivity contribution is -0.155. The standard InChI is InChI=1S/C36H38O10/c1-8-19(2)36(39)46-32-21(4)20(3)31(45-27(37)15-14-22-12-10-9-11-13-22)24-17-26-34(44-18-43-26)35(42-7)29(24)28-23(32)16-25(40-5)33(41-6)30(28)38/h8-17,20-21,31-32,38H,18H2,1-7H3/b15-14+,19-8-/t20-,21+,31-,32-/m1/s1. The molecule has 0 radical (unpaired) electrons. The molecular formula is C36H38O10. The summed E-state index contributed by atoms with van der Waals surface area (Å²) in [6.45, 7) is 7.17. The molecule has 1 aliphatic carbocycles. The topological polar surface area (TPSA) is 119 Å². The Morgan fingerprint density at radius 2 is 1.52 bits per heavy atom. The molecule has 0 fully saturated rings. The van der Waals surface area contributed by atoms with E-state index in [9.17, 15) is 14.7 Å². The van der Waals surface area contributed by atoms with E-state index >= 15 is 0 Å². The van der Waals surface area contributed by atoms with E-state index < -0.39 is 36.0 Å². The molecule has 0 saturated carbocycles. The lowest BCUT2D eigenvalue weighted by Crippen LogP contribution is -2.31. The van der Waals surface area contributed by atoms with Crippen LogP contribution < -0.4 is 23.7 Å². The van der Waals surface area contributed by atoms with Crippen LogP contribution in [0, 0.1) is 11.8 Å². The Hall–Kier alpha value is -5.12. The first-order valence-electron chi connectivity index (χ1n) is 14.9. The number of methoxy groups -OCH3 is 3. The second-order valence-electron chi connectivity index (χ2n) is 11.2. The van der Waals surface area contributed by atoms with Crippen LogP contribution in [0.2, 0.25) is 0 Å². The van der Waals surface area contributed by atoms with Crippen molar-refractivity contribution in [2.75, 3.05) is 28.1 Å². The Kier molecular flexibility index (Phi) is 9.46. The highest BCUT2D eigenvalue weighted by Gasteiger charge is 2.44. The highest BCUT2D eigenvalue weighted by Crippen LogP contribution is 2.60. The number of carbonyl (C=O) groups excluding carboxylic acids is 2. The molecule has 0 saturated heterocycles. The van der Waals surface area contributed by atoms with Gasteiger partial charge in [-0.15, -0.1) is 0 Å². The molecule has 5 rings (SSSR count). The molecule has 1 aliphatic heterocycles. The van der Waals surface area contributed by atoms with Gasteiger partial charge in [0.15, 0.2) is 23.0 Å². The van der Waals surface area contributed by atoms with Gasteiger partial charge in [0.1, 0.15) is 12.2 Å². The largest absolute Gasteiger partial charge is 0.504 e. The molecule has 0 spiro atoms. The van der Waals surface area contributed by atoms with E-state index in [1.165, 1.54) is 27.4 Å². The zero-order valence-electron chi connectivity index (χ0n) is 26.9. The number of esters is 2. The third-order valence-corrected chi connectivity index (χ3v) is 8.62. The molecule has 1 N–H and O–H groups in total. The minimum atomic E-state index is -0.928. The van der Waals surface area contributed by atoms with Crippen LogP contribution in [0.4, 0.5) is 0 Å². The van der Waals surface area contributed by atoms with Gasteiger partial charge >= 0.3 is 11.9 Å². The second-order valence-corrected chi connectivity index (χ2v) is 11.2. The Morgan fingerprint density at radius 1 is 0.870 bits per heavy atom. The van der Waals surface area contributed by atoms with E-state index in [-0.39, 0.29) is 35.4 Å². The molecule has 46 heavy (non-hydrogen) atoms. The average Bonchev–Trinajstić information content (AvgIpc) is 3.55. The van der Waals surface area contributed by atoms with Crippen molar-refractivity contribution in [1.82, 2.24) is 0 Å². The van der Waals surface area contributed by atoms with E-state index in [4.69, 9.17) is 33.2 Å². The van der Waals surface area contributed by atoms with Gasteiger partial charge in [-0.3, -0.25) is 0 Å². The first-order valence-corrected chi connectivity index (χ1v) is 14.9. The Morgan fingerprint density at radius 3 is 2.15 bits per heavy atom. The van der Waals surface area contributed by atoms with Crippen molar-refractivity contribution in [3.05, 3.63) is 76.9 Å². The molecular weight excluding hydrogens is 592 g/mol. The average molecular weight is 631 g/mol. The third kappa shape index (κ3) is 5.82. The summed E-state index contributed by atoms with van der Waals surface area (Å²) in [7, 11) is 4.33. The number of aromatic hydroxyl groups is 1. The predicted octanol–water partition coefficient (Wildman–Crippen LogP) is 6.95. The monoisotopic (exact) mass is 630 g/mol. The fourth-order valence-corrected chi connectivity index (χ4v) is 5.87. The fourth-order valence-electron chi connectivity index (χ4n) is 5.87. The Labute approximate surface area is 268 Å². The van der Waals surface area contributed by atoms with Crippen LogP contribution in [0.15, 0.2) is 60.2 Å². The first-order chi connectivity index (χ1) is 22.1. The van der Waals surface area contributed by atoms with Crippen LogP contribution in [0.3, 0.4) is 0 Å². The van der Waals surface area contributed by atoms with Crippen molar-refractivity contribution in [3.63, 3.8) is 0 Å². The summed E-state index contributed by atoms with van der Waals surface area (Å²) in [5, 5.41) is 11.9. The highest BCUT2D eigenvalue weighted by molar-refractivity contribution is 5.91. The number of allylic oxidation sites excluding steroid dienone is 1. The van der Waals surface area contributed by atoms with Crippen molar-refractivity contribution in [3.8, 4) is 45.6 Å². The van der Waals surface area contributed by atoms with E-state index in [0.29, 0.717) is 33.8 Å². The van der Waals surface area contributed by atoms with E-state index in [1.54, 1.807) is 38.1 Å². The molecule has 4 atom stereocenters. The number of hydrogen-bond acceptors (Lipinski definition) is 10. The van der Waals surface area contributed by atoms with E-state index in [1.807, 2.05) is 44.2 Å². The number of rotatable bonds is 8. The van der Waals surface area contributed by atoms with Crippen LogP contribution in [0.25, 0.3) is 17.2 Å². The zero-order chi connectivity index (χ0) is 33.1. The minimum Gasteiger partial charge on any atom is -0.504 e. The number of ether oxygens (including phenoxy) is 7. The number of benzene rings is 3. The molecule has 0 bridgehead atoms. The first kappa shape index (κ1) is 32.3. The summed E-state index contributed by atoms with van der Waals surface area (Å²) < 4.78 is 41.1. The van der Waals surface area contributed by atoms with Gasteiger partial charge < -0.3 is 38.3 Å². The van der Waals surface area contributed by atoms with E-state index in [2.05, 4.69) is 0 Å².